The van der Waals surface area contributed by atoms with Gasteiger partial charge in [-0.2, -0.15) is 0 Å². The first-order chi connectivity index (χ1) is 6.22. The number of aromatic nitrogens is 1. The maximum atomic E-state index is 9.32. The van der Waals surface area contributed by atoms with E-state index in [0.29, 0.717) is 5.75 Å². The van der Waals surface area contributed by atoms with Crippen molar-refractivity contribution in [1.29, 1.82) is 0 Å². The number of nitrogens with zero attached hydrogens (tertiary/aromatic N) is 1. The summed E-state index contributed by atoms with van der Waals surface area (Å²) < 4.78 is 2.05. The predicted molar refractivity (Wildman–Crippen MR) is 54.0 cm³/mol. The van der Waals surface area contributed by atoms with Gasteiger partial charge in [-0.25, -0.2) is 0 Å². The van der Waals surface area contributed by atoms with E-state index < -0.39 is 0 Å². The van der Waals surface area contributed by atoms with Gasteiger partial charge in [0.05, 0.1) is 5.52 Å². The Morgan fingerprint density at radius 2 is 2.15 bits per heavy atom. The van der Waals surface area contributed by atoms with Crippen LogP contribution in [0.2, 0.25) is 0 Å². The summed E-state index contributed by atoms with van der Waals surface area (Å²) in [5, 5.41) is 10.6. The van der Waals surface area contributed by atoms with Crippen molar-refractivity contribution in [2.24, 2.45) is 7.05 Å². The fourth-order valence-electron chi connectivity index (χ4n) is 1.74. The first kappa shape index (κ1) is 8.17. The normalized spacial score (nSPS) is 10.9. The summed E-state index contributed by atoms with van der Waals surface area (Å²) >= 11 is 0. The molecule has 0 saturated carbocycles. The van der Waals surface area contributed by atoms with Crippen LogP contribution in [0.25, 0.3) is 10.9 Å². The van der Waals surface area contributed by atoms with E-state index in [2.05, 4.69) is 13.1 Å². The molecule has 0 amide bonds. The van der Waals surface area contributed by atoms with Crippen LogP contribution in [0.4, 0.5) is 0 Å². The zero-order valence-electron chi connectivity index (χ0n) is 7.91. The Morgan fingerprint density at radius 3 is 2.85 bits per heavy atom. The van der Waals surface area contributed by atoms with Gasteiger partial charge < -0.3 is 9.67 Å². The lowest BCUT2D eigenvalue weighted by atomic mass is 10.1. The van der Waals surface area contributed by atoms with E-state index in [1.165, 1.54) is 10.9 Å². The summed E-state index contributed by atoms with van der Waals surface area (Å²) in [5.74, 6) is 0.330. The van der Waals surface area contributed by atoms with Gasteiger partial charge >= 0.3 is 0 Å². The number of rotatable bonds is 1. The number of phenols is 1. The van der Waals surface area contributed by atoms with Crippen LogP contribution in [0.15, 0.2) is 24.4 Å². The highest BCUT2D eigenvalue weighted by Gasteiger charge is 2.04. The van der Waals surface area contributed by atoms with Crippen molar-refractivity contribution < 1.29 is 5.11 Å². The van der Waals surface area contributed by atoms with Crippen molar-refractivity contribution in [2.75, 3.05) is 0 Å². The Hall–Kier alpha value is -1.44. The van der Waals surface area contributed by atoms with Gasteiger partial charge in [0, 0.05) is 24.7 Å². The van der Waals surface area contributed by atoms with E-state index in [9.17, 15) is 5.11 Å². The fourth-order valence-corrected chi connectivity index (χ4v) is 1.74. The minimum atomic E-state index is 0.330. The Labute approximate surface area is 77.4 Å². The van der Waals surface area contributed by atoms with Crippen LogP contribution in [0, 0.1) is 0 Å². The Balaban J connectivity index is 2.80. The second-order valence-electron chi connectivity index (χ2n) is 3.32. The van der Waals surface area contributed by atoms with Crippen LogP contribution in [0.1, 0.15) is 12.5 Å². The molecule has 2 heteroatoms. The SMILES string of the molecule is CCc1cn(C)c2cc(O)ccc12. The average molecular weight is 175 g/mol. The van der Waals surface area contributed by atoms with Crippen LogP contribution in [-0.4, -0.2) is 9.67 Å². The molecule has 2 rings (SSSR count). The van der Waals surface area contributed by atoms with Crippen molar-refractivity contribution in [3.8, 4) is 5.75 Å². The van der Waals surface area contributed by atoms with E-state index in [0.717, 1.165) is 11.9 Å². The van der Waals surface area contributed by atoms with Gasteiger partial charge in [-0.1, -0.05) is 6.92 Å². The number of hydrogen-bond acceptors (Lipinski definition) is 1. The topological polar surface area (TPSA) is 25.2 Å². The molecule has 0 radical (unpaired) electrons. The van der Waals surface area contributed by atoms with Gasteiger partial charge in [-0.05, 0) is 24.1 Å². The van der Waals surface area contributed by atoms with Gasteiger partial charge in [0.2, 0.25) is 0 Å². The van der Waals surface area contributed by atoms with Crippen molar-refractivity contribution in [3.05, 3.63) is 30.0 Å². The molecule has 0 fully saturated rings. The van der Waals surface area contributed by atoms with Crippen LogP contribution in [0.3, 0.4) is 0 Å². The molecule has 2 nitrogen and oxygen atoms in total. The molecule has 68 valence electrons. The molecule has 1 N–H and O–H groups in total. The Morgan fingerprint density at radius 1 is 1.38 bits per heavy atom. The molecule has 0 aliphatic carbocycles. The summed E-state index contributed by atoms with van der Waals surface area (Å²) in [6, 6.07) is 5.51. The zero-order chi connectivity index (χ0) is 9.42. The number of phenolic OH excluding ortho intramolecular Hbond substituents is 1. The van der Waals surface area contributed by atoms with Crippen LogP contribution in [0.5, 0.6) is 5.75 Å². The molecule has 0 bridgehead atoms. The minimum Gasteiger partial charge on any atom is -0.508 e. The molecule has 1 aromatic carbocycles. The summed E-state index contributed by atoms with van der Waals surface area (Å²) in [5.41, 5.74) is 2.43. The second kappa shape index (κ2) is 2.80. The second-order valence-corrected chi connectivity index (χ2v) is 3.32. The number of hydrogen-bond donors (Lipinski definition) is 1. The molecule has 1 heterocycles. The lowest BCUT2D eigenvalue weighted by molar-refractivity contribution is 0.476. The summed E-state index contributed by atoms with van der Waals surface area (Å²) in [7, 11) is 2.00. The quantitative estimate of drug-likeness (QED) is 0.707. The van der Waals surface area contributed by atoms with Gasteiger partial charge in [-0.3, -0.25) is 0 Å². The standard InChI is InChI=1S/C11H13NO/c1-3-8-7-12(2)11-6-9(13)4-5-10(8)11/h4-7,13H,3H2,1-2H3. The minimum absolute atomic E-state index is 0.330. The third-order valence-corrected chi connectivity index (χ3v) is 2.44. The molecule has 1 aromatic heterocycles. The molecule has 0 aliphatic heterocycles. The highest BCUT2D eigenvalue weighted by molar-refractivity contribution is 5.85. The maximum Gasteiger partial charge on any atom is 0.117 e. The third-order valence-electron chi connectivity index (χ3n) is 2.44. The van der Waals surface area contributed by atoms with E-state index >= 15 is 0 Å². The molecule has 2 aromatic rings. The molecule has 0 unspecified atom stereocenters. The molecule has 0 atom stereocenters. The van der Waals surface area contributed by atoms with Gasteiger partial charge in [0.25, 0.3) is 0 Å². The molecular formula is C11H13NO. The number of aryl methyl sites for hydroxylation is 2. The predicted octanol–water partition coefficient (Wildman–Crippen LogP) is 2.45. The zero-order valence-corrected chi connectivity index (χ0v) is 7.91. The van der Waals surface area contributed by atoms with E-state index in [1.54, 1.807) is 12.1 Å². The Bertz CT molecular complexity index is 443. The Kier molecular flexibility index (Phi) is 1.76. The highest BCUT2D eigenvalue weighted by atomic mass is 16.3. The number of benzene rings is 1. The first-order valence-electron chi connectivity index (χ1n) is 4.49. The van der Waals surface area contributed by atoms with E-state index in [1.807, 2.05) is 17.7 Å². The lowest BCUT2D eigenvalue weighted by Crippen LogP contribution is -1.82. The van der Waals surface area contributed by atoms with Gasteiger partial charge in [-0.15, -0.1) is 0 Å². The van der Waals surface area contributed by atoms with Crippen molar-refractivity contribution >= 4 is 10.9 Å². The van der Waals surface area contributed by atoms with Gasteiger partial charge in [0.1, 0.15) is 5.75 Å². The molecule has 0 spiro atoms. The lowest BCUT2D eigenvalue weighted by Gasteiger charge is -1.96. The molecule has 13 heavy (non-hydrogen) atoms. The van der Waals surface area contributed by atoms with Crippen LogP contribution in [-0.2, 0) is 13.5 Å². The average Bonchev–Trinajstić information content (AvgIpc) is 2.43. The maximum absolute atomic E-state index is 9.32. The van der Waals surface area contributed by atoms with Crippen molar-refractivity contribution in [1.82, 2.24) is 4.57 Å². The molecular weight excluding hydrogens is 162 g/mol. The fraction of sp³-hybridized carbons (Fsp3) is 0.273. The van der Waals surface area contributed by atoms with Crippen molar-refractivity contribution in [3.63, 3.8) is 0 Å². The number of fused-ring (bicyclic) bond motifs is 1. The van der Waals surface area contributed by atoms with E-state index in [-0.39, 0.29) is 0 Å². The van der Waals surface area contributed by atoms with E-state index in [4.69, 9.17) is 0 Å². The van der Waals surface area contributed by atoms with Crippen LogP contribution >= 0.6 is 0 Å². The highest BCUT2D eigenvalue weighted by Crippen LogP contribution is 2.24. The third kappa shape index (κ3) is 1.18. The van der Waals surface area contributed by atoms with Crippen molar-refractivity contribution in [2.45, 2.75) is 13.3 Å². The molecule has 0 saturated heterocycles. The summed E-state index contributed by atoms with van der Waals surface area (Å²) in [6.07, 6.45) is 3.15. The molecule has 0 aliphatic rings. The first-order valence-corrected chi connectivity index (χ1v) is 4.49. The smallest absolute Gasteiger partial charge is 0.117 e. The monoisotopic (exact) mass is 175 g/mol. The largest absolute Gasteiger partial charge is 0.508 e. The van der Waals surface area contributed by atoms with Gasteiger partial charge in [0.15, 0.2) is 0 Å². The summed E-state index contributed by atoms with van der Waals surface area (Å²) in [4.78, 5) is 0. The van der Waals surface area contributed by atoms with Crippen LogP contribution < -0.4 is 0 Å². The summed E-state index contributed by atoms with van der Waals surface area (Å²) in [6.45, 7) is 2.14. The number of aromatic hydroxyl groups is 1.